The molecule has 0 saturated heterocycles. The molecule has 2 aromatic carbocycles. The number of nitrogens with zero attached hydrogens (tertiary/aromatic N) is 2. The Morgan fingerprint density at radius 2 is 1.59 bits per heavy atom. The number of rotatable bonds is 4. The predicted molar refractivity (Wildman–Crippen MR) is 105 cm³/mol. The standard InChI is InChI=1S/C17H12Cl3N3O3S/c1-23-15(20)14(21-16(23)10-6-2-3-7-11(10)18)17(24)22-27(25,26)13-9-5-4-8-12(13)19/h2-9H,1H3,(H,22,24). The van der Waals surface area contributed by atoms with Gasteiger partial charge in [-0.15, -0.1) is 0 Å². The summed E-state index contributed by atoms with van der Waals surface area (Å²) in [5.41, 5.74) is 0.307. The van der Waals surface area contributed by atoms with Crippen molar-refractivity contribution in [2.45, 2.75) is 4.90 Å². The summed E-state index contributed by atoms with van der Waals surface area (Å²) in [5.74, 6) is -0.653. The lowest BCUT2D eigenvalue weighted by molar-refractivity contribution is 0.0977. The maximum Gasteiger partial charge on any atom is 0.286 e. The Balaban J connectivity index is 1.98. The molecule has 140 valence electrons. The summed E-state index contributed by atoms with van der Waals surface area (Å²) >= 11 is 18.3. The molecule has 0 aliphatic heterocycles. The number of hydrogen-bond acceptors (Lipinski definition) is 4. The molecule has 3 rings (SSSR count). The van der Waals surface area contributed by atoms with E-state index in [2.05, 4.69) is 4.98 Å². The van der Waals surface area contributed by atoms with Gasteiger partial charge in [-0.05, 0) is 24.3 Å². The maximum atomic E-state index is 12.5. The Labute approximate surface area is 170 Å². The molecular formula is C17H12Cl3N3O3S. The largest absolute Gasteiger partial charge is 0.317 e. The third kappa shape index (κ3) is 3.82. The Kier molecular flexibility index (Phi) is 5.48. The van der Waals surface area contributed by atoms with E-state index >= 15 is 0 Å². The molecular weight excluding hydrogens is 433 g/mol. The van der Waals surface area contributed by atoms with Crippen molar-refractivity contribution in [1.82, 2.24) is 14.3 Å². The zero-order valence-corrected chi connectivity index (χ0v) is 16.9. The fraction of sp³-hybridized carbons (Fsp3) is 0.0588. The van der Waals surface area contributed by atoms with Crippen molar-refractivity contribution in [3.8, 4) is 11.4 Å². The highest BCUT2D eigenvalue weighted by Crippen LogP contribution is 2.30. The normalized spacial score (nSPS) is 11.4. The molecule has 0 fully saturated rings. The van der Waals surface area contributed by atoms with Crippen LogP contribution in [0.1, 0.15) is 10.5 Å². The van der Waals surface area contributed by atoms with E-state index < -0.39 is 15.9 Å². The van der Waals surface area contributed by atoms with Crippen LogP contribution in [0.5, 0.6) is 0 Å². The molecule has 0 aliphatic carbocycles. The lowest BCUT2D eigenvalue weighted by Gasteiger charge is -2.07. The Hall–Kier alpha value is -2.06. The van der Waals surface area contributed by atoms with Crippen LogP contribution < -0.4 is 4.72 Å². The van der Waals surface area contributed by atoms with Crippen molar-refractivity contribution in [3.05, 3.63) is 69.4 Å². The molecule has 27 heavy (non-hydrogen) atoms. The van der Waals surface area contributed by atoms with Crippen molar-refractivity contribution < 1.29 is 13.2 Å². The summed E-state index contributed by atoms with van der Waals surface area (Å²) in [4.78, 5) is 16.5. The average molecular weight is 445 g/mol. The molecule has 0 bridgehead atoms. The molecule has 1 heterocycles. The molecule has 1 N–H and O–H groups in total. The van der Waals surface area contributed by atoms with Crippen LogP contribution in [0, 0.1) is 0 Å². The van der Waals surface area contributed by atoms with Gasteiger partial charge in [0.1, 0.15) is 15.9 Å². The predicted octanol–water partition coefficient (Wildman–Crippen LogP) is 4.17. The van der Waals surface area contributed by atoms with Crippen LogP contribution in [0.3, 0.4) is 0 Å². The quantitative estimate of drug-likeness (QED) is 0.655. The maximum absolute atomic E-state index is 12.5. The Morgan fingerprint density at radius 3 is 2.22 bits per heavy atom. The van der Waals surface area contributed by atoms with E-state index in [1.165, 1.54) is 22.8 Å². The second-order valence-electron chi connectivity index (χ2n) is 5.48. The van der Waals surface area contributed by atoms with Crippen LogP contribution in [0.2, 0.25) is 15.2 Å². The first kappa shape index (κ1) is 19.7. The van der Waals surface area contributed by atoms with E-state index in [4.69, 9.17) is 34.8 Å². The zero-order chi connectivity index (χ0) is 19.8. The number of hydrogen-bond donors (Lipinski definition) is 1. The third-order valence-corrected chi connectivity index (χ3v) is 6.30. The van der Waals surface area contributed by atoms with Crippen molar-refractivity contribution >= 4 is 50.7 Å². The highest BCUT2D eigenvalue weighted by Gasteiger charge is 2.26. The summed E-state index contributed by atoms with van der Waals surface area (Å²) < 4.78 is 28.3. The fourth-order valence-corrected chi connectivity index (χ4v) is 4.30. The molecule has 0 aliphatic rings. The number of aromatic nitrogens is 2. The van der Waals surface area contributed by atoms with E-state index in [0.29, 0.717) is 16.4 Å². The van der Waals surface area contributed by atoms with Gasteiger partial charge in [0.05, 0.1) is 10.0 Å². The van der Waals surface area contributed by atoms with Crippen LogP contribution in [-0.2, 0) is 17.1 Å². The number of halogens is 3. The summed E-state index contributed by atoms with van der Waals surface area (Å²) in [6, 6.07) is 12.6. The van der Waals surface area contributed by atoms with Gasteiger partial charge >= 0.3 is 0 Å². The lowest BCUT2D eigenvalue weighted by atomic mass is 10.2. The number of amides is 1. The van der Waals surface area contributed by atoms with Gasteiger partial charge in [-0.1, -0.05) is 59.1 Å². The summed E-state index contributed by atoms with van der Waals surface area (Å²) in [6.45, 7) is 0. The van der Waals surface area contributed by atoms with Crippen molar-refractivity contribution in [2.24, 2.45) is 7.05 Å². The topological polar surface area (TPSA) is 81.1 Å². The Morgan fingerprint density at radius 1 is 1.00 bits per heavy atom. The minimum Gasteiger partial charge on any atom is -0.317 e. The molecule has 0 unspecified atom stereocenters. The minimum atomic E-state index is -4.20. The molecule has 1 amide bonds. The van der Waals surface area contributed by atoms with Gasteiger partial charge in [0.25, 0.3) is 15.9 Å². The molecule has 0 radical (unpaired) electrons. The fourth-order valence-electron chi connectivity index (χ4n) is 2.39. The number of carbonyl (C=O) groups excluding carboxylic acids is 1. The minimum absolute atomic E-state index is 0.0123. The first-order chi connectivity index (χ1) is 12.7. The van der Waals surface area contributed by atoms with Crippen LogP contribution in [0.4, 0.5) is 0 Å². The number of imidazole rings is 1. The monoisotopic (exact) mass is 443 g/mol. The van der Waals surface area contributed by atoms with E-state index in [1.54, 1.807) is 37.4 Å². The molecule has 0 spiro atoms. The van der Waals surface area contributed by atoms with Crippen LogP contribution >= 0.6 is 34.8 Å². The smallest absolute Gasteiger partial charge is 0.286 e. The number of carbonyl (C=O) groups is 1. The second kappa shape index (κ2) is 7.52. The lowest BCUT2D eigenvalue weighted by Crippen LogP contribution is -2.31. The number of benzene rings is 2. The van der Waals surface area contributed by atoms with Gasteiger partial charge in [-0.3, -0.25) is 4.79 Å². The van der Waals surface area contributed by atoms with Crippen molar-refractivity contribution in [1.29, 1.82) is 0 Å². The van der Waals surface area contributed by atoms with Gasteiger partial charge in [0.15, 0.2) is 5.69 Å². The van der Waals surface area contributed by atoms with Gasteiger partial charge in [0.2, 0.25) is 0 Å². The van der Waals surface area contributed by atoms with Crippen molar-refractivity contribution in [3.63, 3.8) is 0 Å². The summed E-state index contributed by atoms with van der Waals surface area (Å²) in [5, 5.41) is 0.372. The van der Waals surface area contributed by atoms with Crippen LogP contribution in [0.15, 0.2) is 53.4 Å². The van der Waals surface area contributed by atoms with E-state index in [0.717, 1.165) is 0 Å². The first-order valence-corrected chi connectivity index (χ1v) is 10.1. The van der Waals surface area contributed by atoms with Gasteiger partial charge in [-0.25, -0.2) is 18.1 Å². The highest BCUT2D eigenvalue weighted by atomic mass is 35.5. The molecule has 10 heteroatoms. The van der Waals surface area contributed by atoms with Crippen molar-refractivity contribution in [2.75, 3.05) is 0 Å². The average Bonchev–Trinajstić information content (AvgIpc) is 2.91. The second-order valence-corrected chi connectivity index (χ2v) is 8.30. The summed E-state index contributed by atoms with van der Waals surface area (Å²) in [7, 11) is -2.61. The molecule has 6 nitrogen and oxygen atoms in total. The number of nitrogens with one attached hydrogen (secondary N) is 1. The van der Waals surface area contributed by atoms with Crippen LogP contribution in [-0.4, -0.2) is 23.9 Å². The first-order valence-electron chi connectivity index (χ1n) is 7.51. The molecule has 1 aromatic heterocycles. The van der Waals surface area contributed by atoms with Gasteiger partial charge in [-0.2, -0.15) is 0 Å². The zero-order valence-electron chi connectivity index (χ0n) is 13.8. The third-order valence-electron chi connectivity index (χ3n) is 3.71. The van der Waals surface area contributed by atoms with E-state index in [9.17, 15) is 13.2 Å². The highest BCUT2D eigenvalue weighted by molar-refractivity contribution is 7.90. The Bertz CT molecular complexity index is 1140. The van der Waals surface area contributed by atoms with Crippen LogP contribution in [0.25, 0.3) is 11.4 Å². The summed E-state index contributed by atoms with van der Waals surface area (Å²) in [6.07, 6.45) is 0. The molecule has 0 atom stereocenters. The van der Waals surface area contributed by atoms with E-state index in [1.807, 2.05) is 4.72 Å². The SMILES string of the molecule is Cn1c(-c2ccccc2Cl)nc(C(=O)NS(=O)(=O)c2ccccc2Cl)c1Cl. The molecule has 0 saturated carbocycles. The van der Waals surface area contributed by atoms with E-state index in [-0.39, 0.29) is 20.8 Å². The van der Waals surface area contributed by atoms with Gasteiger partial charge in [0, 0.05) is 12.6 Å². The van der Waals surface area contributed by atoms with Gasteiger partial charge < -0.3 is 4.57 Å². The number of sulfonamides is 1. The molecule has 3 aromatic rings.